The quantitative estimate of drug-likeness (QED) is 0.760. The molecule has 17 heavy (non-hydrogen) atoms. The maximum atomic E-state index is 11.8. The van der Waals surface area contributed by atoms with Crippen LogP contribution in [-0.4, -0.2) is 18.0 Å². The minimum atomic E-state index is -5.05. The zero-order valence-electron chi connectivity index (χ0n) is 8.14. The summed E-state index contributed by atoms with van der Waals surface area (Å²) in [5.41, 5.74) is 2.93. The summed E-state index contributed by atoms with van der Waals surface area (Å²) in [6, 6.07) is 5.39. The zero-order chi connectivity index (χ0) is 13.1. The third-order valence-corrected chi connectivity index (χ3v) is 1.91. The Labute approximate surface area is 98.7 Å². The molecule has 2 N–H and O–H groups in total. The second-order valence-corrected chi connectivity index (χ2v) is 3.35. The third kappa shape index (κ3) is 3.95. The van der Waals surface area contributed by atoms with Crippen molar-refractivity contribution in [2.45, 2.75) is 6.18 Å². The minimum Gasteiger partial charge on any atom is -0.267 e. The zero-order valence-corrected chi connectivity index (χ0v) is 8.89. The number of amides is 2. The van der Waals surface area contributed by atoms with Crippen molar-refractivity contribution in [3.05, 3.63) is 34.9 Å². The lowest BCUT2D eigenvalue weighted by Crippen LogP contribution is -2.47. The van der Waals surface area contributed by atoms with Gasteiger partial charge in [-0.25, -0.2) is 0 Å². The highest BCUT2D eigenvalue weighted by molar-refractivity contribution is 6.30. The van der Waals surface area contributed by atoms with Crippen LogP contribution in [0.2, 0.25) is 5.02 Å². The summed E-state index contributed by atoms with van der Waals surface area (Å²) in [6.07, 6.45) is -5.05. The number of benzene rings is 1. The molecule has 0 fully saturated rings. The van der Waals surface area contributed by atoms with Crippen molar-refractivity contribution in [1.82, 2.24) is 10.9 Å². The van der Waals surface area contributed by atoms with E-state index in [-0.39, 0.29) is 5.56 Å². The smallest absolute Gasteiger partial charge is 0.267 e. The average Bonchev–Trinajstić information content (AvgIpc) is 2.25. The lowest BCUT2D eigenvalue weighted by Gasteiger charge is -2.09. The molecule has 1 aromatic rings. The maximum Gasteiger partial charge on any atom is 0.472 e. The molecule has 0 aliphatic heterocycles. The van der Waals surface area contributed by atoms with Crippen LogP contribution in [0.4, 0.5) is 13.2 Å². The first-order valence-corrected chi connectivity index (χ1v) is 4.61. The Morgan fingerprint density at radius 3 is 2.06 bits per heavy atom. The molecule has 0 unspecified atom stereocenters. The Hall–Kier alpha value is -1.76. The van der Waals surface area contributed by atoms with Crippen LogP contribution >= 0.6 is 11.6 Å². The first kappa shape index (κ1) is 13.3. The molecule has 2 amide bonds. The molecule has 0 aliphatic carbocycles. The van der Waals surface area contributed by atoms with E-state index in [0.717, 1.165) is 0 Å². The molecule has 92 valence electrons. The van der Waals surface area contributed by atoms with Crippen LogP contribution in [0, 0.1) is 0 Å². The van der Waals surface area contributed by atoms with Crippen molar-refractivity contribution in [3.8, 4) is 0 Å². The van der Waals surface area contributed by atoms with Gasteiger partial charge in [-0.1, -0.05) is 11.6 Å². The van der Waals surface area contributed by atoms with E-state index in [2.05, 4.69) is 0 Å². The summed E-state index contributed by atoms with van der Waals surface area (Å²) in [4.78, 5) is 21.6. The van der Waals surface area contributed by atoms with Gasteiger partial charge in [0.05, 0.1) is 0 Å². The number of hydrazine groups is 1. The third-order valence-electron chi connectivity index (χ3n) is 1.65. The van der Waals surface area contributed by atoms with Gasteiger partial charge in [0.25, 0.3) is 5.91 Å². The summed E-state index contributed by atoms with van der Waals surface area (Å²) in [6.45, 7) is 0. The predicted molar refractivity (Wildman–Crippen MR) is 53.1 cm³/mol. The Balaban J connectivity index is 2.56. The van der Waals surface area contributed by atoms with Crippen LogP contribution in [0.25, 0.3) is 0 Å². The van der Waals surface area contributed by atoms with E-state index in [1.807, 2.05) is 0 Å². The molecular formula is C9H6ClF3N2O2. The standard InChI is InChI=1S/C9H6ClF3N2O2/c10-6-3-1-5(2-4-6)7(16)14-15-8(17)9(11,12)13/h1-4H,(H,14,16)(H,15,17). The van der Waals surface area contributed by atoms with E-state index in [9.17, 15) is 22.8 Å². The van der Waals surface area contributed by atoms with Gasteiger partial charge >= 0.3 is 12.1 Å². The molecule has 0 heterocycles. The summed E-state index contributed by atoms with van der Waals surface area (Å²) in [5, 5.41) is 0.376. The number of carbonyl (C=O) groups excluding carboxylic acids is 2. The fourth-order valence-corrected chi connectivity index (χ4v) is 0.984. The van der Waals surface area contributed by atoms with Crippen LogP contribution in [0.5, 0.6) is 0 Å². The number of halogens is 4. The molecule has 8 heteroatoms. The number of rotatable bonds is 1. The van der Waals surface area contributed by atoms with Gasteiger partial charge in [-0.2, -0.15) is 13.2 Å². The van der Waals surface area contributed by atoms with Crippen molar-refractivity contribution in [1.29, 1.82) is 0 Å². The van der Waals surface area contributed by atoms with E-state index < -0.39 is 18.0 Å². The van der Waals surface area contributed by atoms with Gasteiger partial charge in [0.15, 0.2) is 0 Å². The Morgan fingerprint density at radius 1 is 1.06 bits per heavy atom. The molecular weight excluding hydrogens is 261 g/mol. The lowest BCUT2D eigenvalue weighted by molar-refractivity contribution is -0.174. The monoisotopic (exact) mass is 266 g/mol. The highest BCUT2D eigenvalue weighted by atomic mass is 35.5. The fourth-order valence-electron chi connectivity index (χ4n) is 0.858. The van der Waals surface area contributed by atoms with E-state index in [4.69, 9.17) is 11.6 Å². The predicted octanol–water partition coefficient (Wildman–Crippen LogP) is 1.66. The highest BCUT2D eigenvalue weighted by Gasteiger charge is 2.38. The van der Waals surface area contributed by atoms with Gasteiger partial charge in [-0.05, 0) is 24.3 Å². The van der Waals surface area contributed by atoms with Gasteiger partial charge in [0.2, 0.25) is 0 Å². The van der Waals surface area contributed by atoms with Crippen LogP contribution in [0.1, 0.15) is 10.4 Å². The number of carbonyl (C=O) groups is 2. The van der Waals surface area contributed by atoms with Crippen molar-refractivity contribution >= 4 is 23.4 Å². The fraction of sp³-hybridized carbons (Fsp3) is 0.111. The van der Waals surface area contributed by atoms with E-state index in [1.165, 1.54) is 29.7 Å². The summed E-state index contributed by atoms with van der Waals surface area (Å²) in [5.74, 6) is -3.13. The molecule has 0 bridgehead atoms. The van der Waals surface area contributed by atoms with Crippen LogP contribution in [0.15, 0.2) is 24.3 Å². The van der Waals surface area contributed by atoms with Gasteiger partial charge in [0, 0.05) is 10.6 Å². The molecule has 0 saturated heterocycles. The summed E-state index contributed by atoms with van der Waals surface area (Å²) >= 11 is 5.55. The summed E-state index contributed by atoms with van der Waals surface area (Å²) < 4.78 is 35.3. The van der Waals surface area contributed by atoms with E-state index in [0.29, 0.717) is 5.02 Å². The molecule has 1 aromatic carbocycles. The SMILES string of the molecule is O=C(NNC(=O)C(F)(F)F)c1ccc(Cl)cc1. The molecule has 4 nitrogen and oxygen atoms in total. The normalized spacial score (nSPS) is 10.8. The highest BCUT2D eigenvalue weighted by Crippen LogP contribution is 2.13. The number of alkyl halides is 3. The lowest BCUT2D eigenvalue weighted by atomic mass is 10.2. The molecule has 0 aliphatic rings. The van der Waals surface area contributed by atoms with Crippen molar-refractivity contribution in [2.24, 2.45) is 0 Å². The van der Waals surface area contributed by atoms with E-state index >= 15 is 0 Å². The average molecular weight is 267 g/mol. The molecule has 0 aromatic heterocycles. The molecule has 1 rings (SSSR count). The molecule has 0 saturated carbocycles. The van der Waals surface area contributed by atoms with Crippen molar-refractivity contribution < 1.29 is 22.8 Å². The number of hydrogen-bond acceptors (Lipinski definition) is 2. The van der Waals surface area contributed by atoms with Gasteiger partial charge in [-0.3, -0.25) is 20.4 Å². The Bertz CT molecular complexity index is 431. The minimum absolute atomic E-state index is 0.0666. The topological polar surface area (TPSA) is 58.2 Å². The first-order valence-electron chi connectivity index (χ1n) is 4.24. The van der Waals surface area contributed by atoms with Crippen molar-refractivity contribution in [3.63, 3.8) is 0 Å². The second kappa shape index (κ2) is 5.05. The van der Waals surface area contributed by atoms with Crippen molar-refractivity contribution in [2.75, 3.05) is 0 Å². The Kier molecular flexibility index (Phi) is 3.95. The van der Waals surface area contributed by atoms with Crippen LogP contribution in [-0.2, 0) is 4.79 Å². The molecule has 0 spiro atoms. The first-order chi connectivity index (χ1) is 7.80. The summed E-state index contributed by atoms with van der Waals surface area (Å²) in [7, 11) is 0. The molecule has 0 atom stereocenters. The maximum absolute atomic E-state index is 11.8. The van der Waals surface area contributed by atoms with Crippen LogP contribution < -0.4 is 10.9 Å². The Morgan fingerprint density at radius 2 is 1.59 bits per heavy atom. The van der Waals surface area contributed by atoms with Crippen LogP contribution in [0.3, 0.4) is 0 Å². The largest absolute Gasteiger partial charge is 0.472 e. The number of hydrogen-bond donors (Lipinski definition) is 2. The van der Waals surface area contributed by atoms with Gasteiger partial charge < -0.3 is 0 Å². The van der Waals surface area contributed by atoms with Gasteiger partial charge in [-0.15, -0.1) is 0 Å². The van der Waals surface area contributed by atoms with E-state index in [1.54, 1.807) is 5.43 Å². The number of nitrogens with one attached hydrogen (secondary N) is 2. The molecule has 0 radical (unpaired) electrons. The second-order valence-electron chi connectivity index (χ2n) is 2.91. The van der Waals surface area contributed by atoms with Gasteiger partial charge in [0.1, 0.15) is 0 Å².